The number of carboxylic acid groups (broad SMARTS) is 2. The maximum Gasteiger partial charge on any atom is 0.306 e. The molecule has 112 valence electrons. The molecular weight excluding hydrogens is 244 g/mol. The Kier molecular flexibility index (Phi) is 10.2. The fourth-order valence-corrected chi connectivity index (χ4v) is 2.51. The predicted molar refractivity (Wildman–Crippen MR) is 75.2 cm³/mol. The molecule has 0 saturated carbocycles. The summed E-state index contributed by atoms with van der Waals surface area (Å²) in [6.45, 7) is 4.27. The molecule has 0 fully saturated rings. The molecule has 0 rings (SSSR count). The summed E-state index contributed by atoms with van der Waals surface area (Å²) in [7, 11) is 0. The quantitative estimate of drug-likeness (QED) is 0.528. The Morgan fingerprint density at radius 2 is 1.63 bits per heavy atom. The molecule has 0 heterocycles. The third-order valence-electron chi connectivity index (χ3n) is 3.59. The molecule has 0 aromatic rings. The number of carbonyl (C=O) groups is 2. The number of rotatable bonds is 12. The largest absolute Gasteiger partial charge is 0.481 e. The Morgan fingerprint density at radius 1 is 0.947 bits per heavy atom. The first-order valence-corrected chi connectivity index (χ1v) is 7.45. The minimum atomic E-state index is -0.913. The van der Waals surface area contributed by atoms with Crippen molar-refractivity contribution in [1.82, 2.24) is 0 Å². The molecule has 0 aliphatic heterocycles. The van der Waals surface area contributed by atoms with Crippen LogP contribution in [0.3, 0.4) is 0 Å². The van der Waals surface area contributed by atoms with E-state index in [1.807, 2.05) is 0 Å². The Hall–Kier alpha value is -1.06. The number of aliphatic carboxylic acids is 2. The van der Waals surface area contributed by atoms with Gasteiger partial charge >= 0.3 is 11.9 Å². The van der Waals surface area contributed by atoms with Crippen molar-refractivity contribution >= 4 is 11.9 Å². The summed E-state index contributed by atoms with van der Waals surface area (Å²) in [5.74, 6) is -1.84. The van der Waals surface area contributed by atoms with Crippen molar-refractivity contribution in [2.75, 3.05) is 0 Å². The van der Waals surface area contributed by atoms with Crippen LogP contribution in [-0.4, -0.2) is 22.2 Å². The smallest absolute Gasteiger partial charge is 0.306 e. The van der Waals surface area contributed by atoms with Gasteiger partial charge in [-0.25, -0.2) is 0 Å². The molecule has 4 heteroatoms. The molecule has 2 N–H and O–H groups in total. The van der Waals surface area contributed by atoms with Gasteiger partial charge in [0.2, 0.25) is 0 Å². The zero-order valence-electron chi connectivity index (χ0n) is 12.2. The lowest BCUT2D eigenvalue weighted by Gasteiger charge is -2.20. The summed E-state index contributed by atoms with van der Waals surface area (Å²) in [4.78, 5) is 21.7. The van der Waals surface area contributed by atoms with E-state index in [0.29, 0.717) is 12.3 Å². The summed E-state index contributed by atoms with van der Waals surface area (Å²) in [5, 5.41) is 17.8. The number of carboxylic acids is 2. The highest BCUT2D eigenvalue weighted by atomic mass is 16.4. The molecule has 0 aromatic heterocycles. The molecule has 0 aromatic carbocycles. The van der Waals surface area contributed by atoms with Crippen molar-refractivity contribution in [3.8, 4) is 0 Å². The van der Waals surface area contributed by atoms with Crippen molar-refractivity contribution in [1.29, 1.82) is 0 Å². The molecule has 2 unspecified atom stereocenters. The summed E-state index contributed by atoms with van der Waals surface area (Å²) >= 11 is 0. The van der Waals surface area contributed by atoms with E-state index in [-0.39, 0.29) is 12.8 Å². The lowest BCUT2D eigenvalue weighted by atomic mass is 9.85. The lowest BCUT2D eigenvalue weighted by molar-refractivity contribution is -0.143. The lowest BCUT2D eigenvalue weighted by Crippen LogP contribution is -2.19. The maximum absolute atomic E-state index is 11.2. The van der Waals surface area contributed by atoms with Gasteiger partial charge in [-0.3, -0.25) is 9.59 Å². The Bertz CT molecular complexity index is 263. The molecule has 2 atom stereocenters. The van der Waals surface area contributed by atoms with Crippen LogP contribution in [0.5, 0.6) is 0 Å². The molecule has 19 heavy (non-hydrogen) atoms. The van der Waals surface area contributed by atoms with E-state index >= 15 is 0 Å². The van der Waals surface area contributed by atoms with Crippen LogP contribution in [0, 0.1) is 11.8 Å². The fourth-order valence-electron chi connectivity index (χ4n) is 2.51. The summed E-state index contributed by atoms with van der Waals surface area (Å²) in [5.41, 5.74) is 0. The molecule has 0 saturated heterocycles. The minimum Gasteiger partial charge on any atom is -0.481 e. The molecule has 0 spiro atoms. The molecule has 0 aliphatic rings. The van der Waals surface area contributed by atoms with Crippen LogP contribution in [0.15, 0.2) is 0 Å². The van der Waals surface area contributed by atoms with E-state index in [2.05, 4.69) is 13.8 Å². The monoisotopic (exact) mass is 272 g/mol. The van der Waals surface area contributed by atoms with E-state index in [1.165, 1.54) is 12.8 Å². The Balaban J connectivity index is 4.29. The van der Waals surface area contributed by atoms with E-state index in [4.69, 9.17) is 5.11 Å². The molecule has 0 amide bonds. The molecule has 0 bridgehead atoms. The Morgan fingerprint density at radius 3 is 2.11 bits per heavy atom. The van der Waals surface area contributed by atoms with E-state index in [1.54, 1.807) is 0 Å². The van der Waals surface area contributed by atoms with Gasteiger partial charge in [-0.2, -0.15) is 0 Å². The van der Waals surface area contributed by atoms with Gasteiger partial charge in [0.1, 0.15) is 0 Å². The van der Waals surface area contributed by atoms with Crippen LogP contribution in [0.2, 0.25) is 0 Å². The second-order valence-corrected chi connectivity index (χ2v) is 5.35. The SMILES string of the molecule is CCCCCC(CCC)CC(CCC(=O)O)C(=O)O. The van der Waals surface area contributed by atoms with Gasteiger partial charge in [-0.05, 0) is 18.8 Å². The number of hydrogen-bond acceptors (Lipinski definition) is 2. The highest BCUT2D eigenvalue weighted by molar-refractivity contribution is 5.72. The molecule has 0 aliphatic carbocycles. The number of hydrogen-bond donors (Lipinski definition) is 2. The zero-order valence-corrected chi connectivity index (χ0v) is 12.2. The highest BCUT2D eigenvalue weighted by Crippen LogP contribution is 2.26. The topological polar surface area (TPSA) is 74.6 Å². The first-order chi connectivity index (χ1) is 9.01. The van der Waals surface area contributed by atoms with Crippen LogP contribution in [0.4, 0.5) is 0 Å². The van der Waals surface area contributed by atoms with Crippen LogP contribution < -0.4 is 0 Å². The van der Waals surface area contributed by atoms with Gasteiger partial charge in [-0.15, -0.1) is 0 Å². The second-order valence-electron chi connectivity index (χ2n) is 5.35. The maximum atomic E-state index is 11.2. The third-order valence-corrected chi connectivity index (χ3v) is 3.59. The van der Waals surface area contributed by atoms with Gasteiger partial charge in [0.15, 0.2) is 0 Å². The van der Waals surface area contributed by atoms with E-state index < -0.39 is 17.9 Å². The van der Waals surface area contributed by atoms with Gasteiger partial charge in [0, 0.05) is 6.42 Å². The molecular formula is C15H28O4. The average molecular weight is 272 g/mol. The highest BCUT2D eigenvalue weighted by Gasteiger charge is 2.22. The molecule has 0 radical (unpaired) electrons. The van der Waals surface area contributed by atoms with Crippen LogP contribution >= 0.6 is 0 Å². The fraction of sp³-hybridized carbons (Fsp3) is 0.867. The normalized spacial score (nSPS) is 14.0. The van der Waals surface area contributed by atoms with Crippen LogP contribution in [-0.2, 0) is 9.59 Å². The molecule has 4 nitrogen and oxygen atoms in total. The predicted octanol–water partition coefficient (Wildman–Crippen LogP) is 3.94. The van der Waals surface area contributed by atoms with Crippen LogP contribution in [0.1, 0.15) is 71.6 Å². The van der Waals surface area contributed by atoms with E-state index in [9.17, 15) is 14.7 Å². The van der Waals surface area contributed by atoms with Crippen molar-refractivity contribution in [2.24, 2.45) is 11.8 Å². The zero-order chi connectivity index (χ0) is 14.7. The summed E-state index contributed by atoms with van der Waals surface area (Å²) in [6, 6.07) is 0. The Labute approximate surface area is 116 Å². The number of unbranched alkanes of at least 4 members (excludes halogenated alkanes) is 2. The summed E-state index contributed by atoms with van der Waals surface area (Å²) < 4.78 is 0. The van der Waals surface area contributed by atoms with Crippen molar-refractivity contribution in [2.45, 2.75) is 71.6 Å². The summed E-state index contributed by atoms with van der Waals surface area (Å²) in [6.07, 6.45) is 7.49. The third kappa shape index (κ3) is 9.51. The van der Waals surface area contributed by atoms with Crippen molar-refractivity contribution in [3.63, 3.8) is 0 Å². The van der Waals surface area contributed by atoms with Crippen molar-refractivity contribution < 1.29 is 19.8 Å². The first kappa shape index (κ1) is 17.9. The minimum absolute atomic E-state index is 0.0508. The van der Waals surface area contributed by atoms with Crippen LogP contribution in [0.25, 0.3) is 0 Å². The first-order valence-electron chi connectivity index (χ1n) is 7.45. The second kappa shape index (κ2) is 10.8. The average Bonchev–Trinajstić information content (AvgIpc) is 2.33. The van der Waals surface area contributed by atoms with Gasteiger partial charge in [0.05, 0.1) is 5.92 Å². The van der Waals surface area contributed by atoms with E-state index in [0.717, 1.165) is 25.7 Å². The standard InChI is InChI=1S/C15H28O4/c1-3-5-6-8-12(7-4-2)11-13(15(18)19)9-10-14(16)17/h12-13H,3-11H2,1-2H3,(H,16,17)(H,18,19). The van der Waals surface area contributed by atoms with Gasteiger partial charge in [0.25, 0.3) is 0 Å². The van der Waals surface area contributed by atoms with Gasteiger partial charge in [-0.1, -0.05) is 52.4 Å². The van der Waals surface area contributed by atoms with Crippen molar-refractivity contribution in [3.05, 3.63) is 0 Å². The van der Waals surface area contributed by atoms with Gasteiger partial charge < -0.3 is 10.2 Å².